The van der Waals surface area contributed by atoms with E-state index in [0.29, 0.717) is 0 Å². The third-order valence-corrected chi connectivity index (χ3v) is 4.33. The minimum absolute atomic E-state index is 0.0180. The van der Waals surface area contributed by atoms with Crippen LogP contribution >= 0.6 is 0 Å². The fraction of sp³-hybridized carbons (Fsp3) is 0.474. The molecule has 1 atom stereocenters. The molecule has 1 aliphatic carbocycles. The van der Waals surface area contributed by atoms with Gasteiger partial charge in [0, 0.05) is 5.41 Å². The molecule has 0 radical (unpaired) electrons. The van der Waals surface area contributed by atoms with Crippen molar-refractivity contribution in [1.82, 2.24) is 0 Å². The normalized spacial score (nSPS) is 27.8. The maximum Gasteiger partial charge on any atom is 0.0717 e. The number of hydrogen-bond acceptors (Lipinski definition) is 1. The van der Waals surface area contributed by atoms with E-state index in [0.717, 1.165) is 19.6 Å². The molecule has 0 amide bonds. The molecule has 1 heterocycles. The van der Waals surface area contributed by atoms with Crippen molar-refractivity contribution in [2.45, 2.75) is 39.5 Å². The van der Waals surface area contributed by atoms with Crippen LogP contribution in [0.2, 0.25) is 0 Å². The molecule has 0 bridgehead atoms. The number of hydrogen-bond donors (Lipinski definition) is 0. The highest BCUT2D eigenvalue weighted by atomic mass is 16.5. The lowest BCUT2D eigenvalue weighted by Gasteiger charge is -2.42. The molecule has 0 spiro atoms. The van der Waals surface area contributed by atoms with Gasteiger partial charge in [-0.15, -0.1) is 0 Å². The van der Waals surface area contributed by atoms with Gasteiger partial charge in [-0.2, -0.15) is 0 Å². The molecule has 1 unspecified atom stereocenters. The second-order valence-corrected chi connectivity index (χ2v) is 7.34. The number of benzene rings is 1. The fourth-order valence-electron chi connectivity index (χ4n) is 3.54. The Bertz CT molecular complexity index is 586. The molecule has 3 rings (SSSR count). The highest BCUT2D eigenvalue weighted by Gasteiger charge is 2.40. The molecule has 20 heavy (non-hydrogen) atoms. The van der Waals surface area contributed by atoms with E-state index in [1.54, 1.807) is 0 Å². The van der Waals surface area contributed by atoms with Crippen molar-refractivity contribution >= 4 is 0 Å². The van der Waals surface area contributed by atoms with Crippen LogP contribution < -0.4 is 0 Å². The summed E-state index contributed by atoms with van der Waals surface area (Å²) < 4.78 is 5.95. The highest BCUT2D eigenvalue weighted by Crippen LogP contribution is 2.45. The molecule has 0 aromatic heterocycles. The Morgan fingerprint density at radius 1 is 1.20 bits per heavy atom. The summed E-state index contributed by atoms with van der Waals surface area (Å²) in [4.78, 5) is 0. The quantitative estimate of drug-likeness (QED) is 0.676. The lowest BCUT2D eigenvalue weighted by atomic mass is 9.66. The Labute approximate surface area is 122 Å². The molecular weight excluding hydrogens is 244 g/mol. The van der Waals surface area contributed by atoms with Gasteiger partial charge in [0.15, 0.2) is 0 Å². The van der Waals surface area contributed by atoms with Gasteiger partial charge in [0.05, 0.1) is 13.2 Å². The van der Waals surface area contributed by atoms with Gasteiger partial charge in [-0.25, -0.2) is 0 Å². The zero-order chi connectivity index (χ0) is 14.4. The van der Waals surface area contributed by atoms with Crippen molar-refractivity contribution in [3.05, 3.63) is 58.7 Å². The average molecular weight is 268 g/mol. The molecule has 1 fully saturated rings. The van der Waals surface area contributed by atoms with Crippen LogP contribution in [-0.4, -0.2) is 13.2 Å². The maximum atomic E-state index is 5.95. The molecule has 2 aliphatic rings. The van der Waals surface area contributed by atoms with Crippen molar-refractivity contribution in [2.24, 2.45) is 5.41 Å². The van der Waals surface area contributed by atoms with Crippen LogP contribution in [0.1, 0.15) is 38.8 Å². The second kappa shape index (κ2) is 4.60. The van der Waals surface area contributed by atoms with Gasteiger partial charge < -0.3 is 4.74 Å². The van der Waals surface area contributed by atoms with Gasteiger partial charge in [-0.3, -0.25) is 0 Å². The molecular formula is C19H24O. The summed E-state index contributed by atoms with van der Waals surface area (Å²) >= 11 is 0. The van der Waals surface area contributed by atoms with Crippen LogP contribution in [0.25, 0.3) is 0 Å². The molecule has 1 heteroatoms. The SMILES string of the molecule is CC(C)(C)/C=C1\COCC2(C)C1=CCc1ccccc12. The Morgan fingerprint density at radius 3 is 2.70 bits per heavy atom. The van der Waals surface area contributed by atoms with Gasteiger partial charge in [0.25, 0.3) is 0 Å². The summed E-state index contributed by atoms with van der Waals surface area (Å²) in [7, 11) is 0. The fourth-order valence-corrected chi connectivity index (χ4v) is 3.54. The van der Waals surface area contributed by atoms with E-state index < -0.39 is 0 Å². The van der Waals surface area contributed by atoms with Crippen molar-refractivity contribution in [3.63, 3.8) is 0 Å². The van der Waals surface area contributed by atoms with Crippen molar-refractivity contribution < 1.29 is 4.74 Å². The number of rotatable bonds is 0. The van der Waals surface area contributed by atoms with Gasteiger partial charge in [-0.05, 0) is 41.0 Å². The lowest BCUT2D eigenvalue weighted by molar-refractivity contribution is 0.0974. The molecule has 0 N–H and O–H groups in total. The predicted octanol–water partition coefficient (Wildman–Crippen LogP) is 4.43. The topological polar surface area (TPSA) is 9.23 Å². The van der Waals surface area contributed by atoms with E-state index in [-0.39, 0.29) is 10.8 Å². The number of allylic oxidation sites excluding steroid dienone is 2. The molecule has 1 nitrogen and oxygen atoms in total. The molecule has 1 aliphatic heterocycles. The summed E-state index contributed by atoms with van der Waals surface area (Å²) in [5, 5.41) is 0. The molecule has 0 saturated carbocycles. The Balaban J connectivity index is 2.10. The van der Waals surface area contributed by atoms with Crippen LogP contribution in [0.15, 0.2) is 47.6 Å². The van der Waals surface area contributed by atoms with E-state index in [4.69, 9.17) is 4.74 Å². The van der Waals surface area contributed by atoms with Crippen LogP contribution in [0.5, 0.6) is 0 Å². The third kappa shape index (κ3) is 2.25. The summed E-state index contributed by atoms with van der Waals surface area (Å²) in [5.74, 6) is 0. The van der Waals surface area contributed by atoms with Crippen LogP contribution in [0.4, 0.5) is 0 Å². The maximum absolute atomic E-state index is 5.95. The van der Waals surface area contributed by atoms with Crippen molar-refractivity contribution in [2.75, 3.05) is 13.2 Å². The van der Waals surface area contributed by atoms with Gasteiger partial charge in [0.2, 0.25) is 0 Å². The van der Waals surface area contributed by atoms with Crippen molar-refractivity contribution in [3.8, 4) is 0 Å². The Hall–Kier alpha value is -1.34. The first kappa shape index (κ1) is 13.6. The lowest BCUT2D eigenvalue weighted by Crippen LogP contribution is -2.39. The summed E-state index contributed by atoms with van der Waals surface area (Å²) in [6.45, 7) is 10.6. The third-order valence-electron chi connectivity index (χ3n) is 4.33. The first-order valence-electron chi connectivity index (χ1n) is 7.49. The number of ether oxygens (including phenoxy) is 1. The summed E-state index contributed by atoms with van der Waals surface area (Å²) in [6, 6.07) is 8.80. The highest BCUT2D eigenvalue weighted by molar-refractivity contribution is 5.54. The van der Waals surface area contributed by atoms with Crippen LogP contribution in [0, 0.1) is 5.41 Å². The zero-order valence-electron chi connectivity index (χ0n) is 13.0. The van der Waals surface area contributed by atoms with Crippen LogP contribution in [-0.2, 0) is 16.6 Å². The minimum atomic E-state index is 0.0180. The van der Waals surface area contributed by atoms with E-state index in [9.17, 15) is 0 Å². The zero-order valence-corrected chi connectivity index (χ0v) is 13.0. The van der Waals surface area contributed by atoms with E-state index in [1.807, 2.05) is 0 Å². The van der Waals surface area contributed by atoms with E-state index in [2.05, 4.69) is 64.1 Å². The molecule has 1 aromatic carbocycles. The van der Waals surface area contributed by atoms with Gasteiger partial charge in [0.1, 0.15) is 0 Å². The minimum Gasteiger partial charge on any atom is -0.376 e. The molecule has 1 aromatic rings. The largest absolute Gasteiger partial charge is 0.376 e. The Kier molecular flexibility index (Phi) is 3.13. The Morgan fingerprint density at radius 2 is 1.95 bits per heavy atom. The predicted molar refractivity (Wildman–Crippen MR) is 83.9 cm³/mol. The smallest absolute Gasteiger partial charge is 0.0717 e. The molecule has 1 saturated heterocycles. The molecule has 106 valence electrons. The standard InChI is InChI=1S/C19H24O/c1-18(2,3)11-15-12-20-13-19(4)16-8-6-5-7-14(16)9-10-17(15)19/h5-8,10-11H,9,12-13H2,1-4H3/b15-11+. The van der Waals surface area contributed by atoms with E-state index in [1.165, 1.54) is 22.3 Å². The monoisotopic (exact) mass is 268 g/mol. The van der Waals surface area contributed by atoms with E-state index >= 15 is 0 Å². The van der Waals surface area contributed by atoms with Crippen LogP contribution in [0.3, 0.4) is 0 Å². The first-order valence-corrected chi connectivity index (χ1v) is 7.49. The first-order chi connectivity index (χ1) is 9.40. The average Bonchev–Trinajstić information content (AvgIpc) is 2.37. The number of fused-ring (bicyclic) bond motifs is 3. The summed E-state index contributed by atoms with van der Waals surface area (Å²) in [5.41, 5.74) is 5.95. The van der Waals surface area contributed by atoms with Gasteiger partial charge >= 0.3 is 0 Å². The summed E-state index contributed by atoms with van der Waals surface area (Å²) in [6.07, 6.45) is 5.84. The second-order valence-electron chi connectivity index (χ2n) is 7.34. The van der Waals surface area contributed by atoms with Gasteiger partial charge in [-0.1, -0.05) is 57.2 Å². The van der Waals surface area contributed by atoms with Crippen molar-refractivity contribution in [1.29, 1.82) is 0 Å².